The number of anilines is 1. The maximum Gasteiger partial charge on any atom is 0.292 e. The lowest BCUT2D eigenvalue weighted by Gasteiger charge is -2.14. The summed E-state index contributed by atoms with van der Waals surface area (Å²) in [6.07, 6.45) is 0. The van der Waals surface area contributed by atoms with Crippen molar-refractivity contribution in [1.82, 2.24) is 4.98 Å². The van der Waals surface area contributed by atoms with Crippen LogP contribution in [0.1, 0.15) is 22.4 Å². The molecule has 0 spiro atoms. The Hall–Kier alpha value is -1.97. The van der Waals surface area contributed by atoms with Crippen molar-refractivity contribution < 1.29 is 9.15 Å². The van der Waals surface area contributed by atoms with Crippen molar-refractivity contribution in [1.29, 1.82) is 0 Å². The van der Waals surface area contributed by atoms with Gasteiger partial charge in [0.15, 0.2) is 5.76 Å². The fourth-order valence-electron chi connectivity index (χ4n) is 2.26. The zero-order valence-corrected chi connectivity index (χ0v) is 11.4. The molecule has 18 heavy (non-hydrogen) atoms. The number of oxazole rings is 1. The summed E-state index contributed by atoms with van der Waals surface area (Å²) in [5.74, 6) is 1.63. The number of hydrogen-bond donors (Lipinski definition) is 1. The monoisotopic (exact) mass is 246 g/mol. The smallest absolute Gasteiger partial charge is 0.292 e. The van der Waals surface area contributed by atoms with Crippen LogP contribution in [0.5, 0.6) is 5.75 Å². The molecule has 96 valence electrons. The maximum absolute atomic E-state index is 5.61. The van der Waals surface area contributed by atoms with Gasteiger partial charge in [-0.3, -0.25) is 0 Å². The molecular weight excluding hydrogens is 228 g/mol. The highest BCUT2D eigenvalue weighted by Gasteiger charge is 2.18. The van der Waals surface area contributed by atoms with E-state index in [1.54, 1.807) is 7.11 Å². The summed E-state index contributed by atoms with van der Waals surface area (Å²) in [6.45, 7) is 8.01. The van der Waals surface area contributed by atoms with Crippen LogP contribution < -0.4 is 10.5 Å². The number of ether oxygens (including phenoxy) is 1. The van der Waals surface area contributed by atoms with Crippen LogP contribution >= 0.6 is 0 Å². The minimum absolute atomic E-state index is 0.203. The summed E-state index contributed by atoms with van der Waals surface area (Å²) in [5, 5.41) is 0. The molecule has 2 N–H and O–H groups in total. The number of aryl methyl sites for hydroxylation is 2. The van der Waals surface area contributed by atoms with Crippen molar-refractivity contribution in [3.8, 4) is 17.1 Å². The van der Waals surface area contributed by atoms with Gasteiger partial charge in [-0.25, -0.2) is 0 Å². The Labute approximate surface area is 107 Å². The van der Waals surface area contributed by atoms with E-state index in [1.807, 2.05) is 26.8 Å². The summed E-state index contributed by atoms with van der Waals surface area (Å²) in [4.78, 5) is 4.12. The average molecular weight is 246 g/mol. The number of hydrogen-bond acceptors (Lipinski definition) is 4. The van der Waals surface area contributed by atoms with Gasteiger partial charge in [-0.05, 0) is 50.5 Å². The lowest BCUT2D eigenvalue weighted by atomic mass is 9.95. The molecule has 2 aromatic rings. The van der Waals surface area contributed by atoms with Crippen LogP contribution in [0, 0.1) is 27.7 Å². The van der Waals surface area contributed by atoms with Crippen LogP contribution in [-0.2, 0) is 0 Å². The highest BCUT2D eigenvalue weighted by atomic mass is 16.5. The lowest BCUT2D eigenvalue weighted by Crippen LogP contribution is -1.96. The van der Waals surface area contributed by atoms with Crippen molar-refractivity contribution >= 4 is 6.01 Å². The lowest BCUT2D eigenvalue weighted by molar-refractivity contribution is 0.411. The molecule has 0 saturated heterocycles. The second-order valence-corrected chi connectivity index (χ2v) is 4.49. The molecule has 0 saturated carbocycles. The largest absolute Gasteiger partial charge is 0.496 e. The highest BCUT2D eigenvalue weighted by molar-refractivity contribution is 5.72. The van der Waals surface area contributed by atoms with Crippen molar-refractivity contribution in [3.05, 3.63) is 28.5 Å². The van der Waals surface area contributed by atoms with Crippen molar-refractivity contribution in [2.75, 3.05) is 12.8 Å². The molecule has 0 atom stereocenters. The second kappa shape index (κ2) is 4.37. The molecule has 0 aliphatic carbocycles. The number of nitrogens with two attached hydrogens (primary N) is 1. The Morgan fingerprint density at radius 3 is 2.33 bits per heavy atom. The molecule has 0 aliphatic rings. The third-order valence-electron chi connectivity index (χ3n) is 3.31. The van der Waals surface area contributed by atoms with E-state index in [1.165, 1.54) is 0 Å². The predicted molar refractivity (Wildman–Crippen MR) is 71.9 cm³/mol. The third-order valence-corrected chi connectivity index (χ3v) is 3.31. The number of rotatable bonds is 2. The van der Waals surface area contributed by atoms with Gasteiger partial charge in [-0.1, -0.05) is 0 Å². The SMILES string of the molecule is COc1cc(C)c(-c2oc(N)nc2C)c(C)c1C. The molecule has 0 fully saturated rings. The van der Waals surface area contributed by atoms with Gasteiger partial charge in [-0.2, -0.15) is 4.98 Å². The van der Waals surface area contributed by atoms with Crippen LogP contribution in [0.2, 0.25) is 0 Å². The van der Waals surface area contributed by atoms with Gasteiger partial charge in [0.25, 0.3) is 6.01 Å². The number of methoxy groups -OCH3 is 1. The van der Waals surface area contributed by atoms with E-state index in [0.717, 1.165) is 39.5 Å². The minimum Gasteiger partial charge on any atom is -0.496 e. The van der Waals surface area contributed by atoms with Crippen LogP contribution in [0.4, 0.5) is 6.01 Å². The Morgan fingerprint density at radius 1 is 1.17 bits per heavy atom. The van der Waals surface area contributed by atoms with Gasteiger partial charge in [0, 0.05) is 5.56 Å². The number of nitrogens with zero attached hydrogens (tertiary/aromatic N) is 1. The fourth-order valence-corrected chi connectivity index (χ4v) is 2.26. The molecule has 0 bridgehead atoms. The van der Waals surface area contributed by atoms with Gasteiger partial charge in [0.2, 0.25) is 0 Å². The third kappa shape index (κ3) is 1.83. The molecule has 0 aliphatic heterocycles. The summed E-state index contributed by atoms with van der Waals surface area (Å²) in [6, 6.07) is 2.21. The number of benzene rings is 1. The van der Waals surface area contributed by atoms with E-state index in [2.05, 4.69) is 11.9 Å². The van der Waals surface area contributed by atoms with Crippen molar-refractivity contribution in [2.24, 2.45) is 0 Å². The summed E-state index contributed by atoms with van der Waals surface area (Å²) in [7, 11) is 1.68. The predicted octanol–water partition coefficient (Wildman–Crippen LogP) is 3.17. The molecule has 0 radical (unpaired) electrons. The molecule has 4 heteroatoms. The highest BCUT2D eigenvalue weighted by Crippen LogP contribution is 2.36. The van der Waals surface area contributed by atoms with E-state index >= 15 is 0 Å². The van der Waals surface area contributed by atoms with Gasteiger partial charge in [0.05, 0.1) is 12.8 Å². The maximum atomic E-state index is 5.61. The van der Waals surface area contributed by atoms with E-state index in [0.29, 0.717) is 0 Å². The van der Waals surface area contributed by atoms with Crippen molar-refractivity contribution in [2.45, 2.75) is 27.7 Å². The molecule has 1 aromatic heterocycles. The molecule has 1 heterocycles. The van der Waals surface area contributed by atoms with Gasteiger partial charge in [0.1, 0.15) is 5.75 Å². The van der Waals surface area contributed by atoms with Gasteiger partial charge < -0.3 is 14.9 Å². The van der Waals surface area contributed by atoms with E-state index in [4.69, 9.17) is 14.9 Å². The zero-order chi connectivity index (χ0) is 13.4. The van der Waals surface area contributed by atoms with Crippen LogP contribution in [-0.4, -0.2) is 12.1 Å². The Morgan fingerprint density at radius 2 is 1.83 bits per heavy atom. The zero-order valence-electron chi connectivity index (χ0n) is 11.4. The van der Waals surface area contributed by atoms with Crippen molar-refractivity contribution in [3.63, 3.8) is 0 Å². The Bertz CT molecular complexity index is 600. The van der Waals surface area contributed by atoms with Crippen LogP contribution in [0.25, 0.3) is 11.3 Å². The van der Waals surface area contributed by atoms with Crippen LogP contribution in [0.15, 0.2) is 10.5 Å². The first kappa shape index (κ1) is 12.5. The normalized spacial score (nSPS) is 10.7. The molecule has 0 amide bonds. The van der Waals surface area contributed by atoms with Gasteiger partial charge in [-0.15, -0.1) is 0 Å². The van der Waals surface area contributed by atoms with Crippen LogP contribution in [0.3, 0.4) is 0 Å². The Kier molecular flexibility index (Phi) is 3.03. The first-order chi connectivity index (χ1) is 8.45. The van der Waals surface area contributed by atoms with E-state index in [9.17, 15) is 0 Å². The first-order valence-electron chi connectivity index (χ1n) is 5.83. The molecular formula is C14H18N2O2. The quantitative estimate of drug-likeness (QED) is 0.884. The topological polar surface area (TPSA) is 61.3 Å². The fraction of sp³-hybridized carbons (Fsp3) is 0.357. The molecule has 2 rings (SSSR count). The van der Waals surface area contributed by atoms with E-state index < -0.39 is 0 Å². The second-order valence-electron chi connectivity index (χ2n) is 4.49. The number of nitrogen functional groups attached to an aromatic ring is 1. The average Bonchev–Trinajstić information content (AvgIpc) is 2.63. The first-order valence-corrected chi connectivity index (χ1v) is 5.83. The Balaban J connectivity index is 2.72. The standard InChI is InChI=1S/C14H18N2O2/c1-7-6-11(17-5)8(2)9(3)12(7)13-10(4)16-14(15)18-13/h6H,1-5H3,(H2,15,16). The summed E-state index contributed by atoms with van der Waals surface area (Å²) < 4.78 is 10.9. The molecule has 4 nitrogen and oxygen atoms in total. The molecule has 0 unspecified atom stereocenters. The summed E-state index contributed by atoms with van der Waals surface area (Å²) >= 11 is 0. The minimum atomic E-state index is 0.203. The van der Waals surface area contributed by atoms with E-state index in [-0.39, 0.29) is 6.01 Å². The number of aromatic nitrogens is 1. The summed E-state index contributed by atoms with van der Waals surface area (Å²) in [5.41, 5.74) is 10.8. The molecule has 1 aromatic carbocycles. The van der Waals surface area contributed by atoms with Gasteiger partial charge >= 0.3 is 0 Å².